The van der Waals surface area contributed by atoms with Gasteiger partial charge >= 0.3 is 5.63 Å². The van der Waals surface area contributed by atoms with Gasteiger partial charge in [-0.1, -0.05) is 15.9 Å². The molecule has 0 atom stereocenters. The van der Waals surface area contributed by atoms with Gasteiger partial charge in [-0.2, -0.15) is 0 Å². The zero-order valence-corrected chi connectivity index (χ0v) is 12.4. The van der Waals surface area contributed by atoms with Crippen molar-refractivity contribution in [3.05, 3.63) is 28.1 Å². The molecule has 2 aromatic rings. The maximum atomic E-state index is 11.6. The second-order valence-electron chi connectivity index (χ2n) is 3.74. The number of methoxy groups -OCH3 is 3. The first kappa shape index (κ1) is 13.7. The van der Waals surface area contributed by atoms with E-state index in [1.807, 2.05) is 6.07 Å². The summed E-state index contributed by atoms with van der Waals surface area (Å²) in [6.07, 6.45) is 0. The Labute approximate surface area is 118 Å². The Morgan fingerprint density at radius 3 is 2.32 bits per heavy atom. The average molecular weight is 329 g/mol. The molecule has 1 aromatic heterocycles. The first-order chi connectivity index (χ1) is 9.15. The zero-order valence-electron chi connectivity index (χ0n) is 10.8. The quantitative estimate of drug-likeness (QED) is 0.638. The molecule has 0 aliphatic carbocycles. The number of hydrogen-bond donors (Lipinski definition) is 0. The predicted molar refractivity (Wildman–Crippen MR) is 74.8 cm³/mol. The van der Waals surface area contributed by atoms with E-state index in [4.69, 9.17) is 18.6 Å². The first-order valence-electron chi connectivity index (χ1n) is 5.48. The van der Waals surface area contributed by atoms with Gasteiger partial charge in [-0.3, -0.25) is 0 Å². The van der Waals surface area contributed by atoms with Crippen LogP contribution in [0.3, 0.4) is 0 Å². The Kier molecular flexibility index (Phi) is 3.99. The summed E-state index contributed by atoms with van der Waals surface area (Å²) < 4.78 is 21.0. The minimum absolute atomic E-state index is 0.320. The van der Waals surface area contributed by atoms with Gasteiger partial charge in [0.1, 0.15) is 5.75 Å². The Bertz CT molecular complexity index is 662. The number of benzene rings is 1. The third kappa shape index (κ3) is 2.28. The number of ether oxygens (including phenoxy) is 3. The molecule has 1 aromatic carbocycles. The third-order valence-corrected chi connectivity index (χ3v) is 3.37. The molecule has 0 unspecified atom stereocenters. The molecule has 0 bridgehead atoms. The molecule has 0 saturated heterocycles. The van der Waals surface area contributed by atoms with Crippen molar-refractivity contribution in [3.63, 3.8) is 0 Å². The fourth-order valence-corrected chi connectivity index (χ4v) is 2.40. The van der Waals surface area contributed by atoms with Crippen LogP contribution in [-0.2, 0) is 5.33 Å². The fourth-order valence-electron chi connectivity index (χ4n) is 1.96. The van der Waals surface area contributed by atoms with Crippen molar-refractivity contribution in [2.24, 2.45) is 0 Å². The molecule has 0 spiro atoms. The lowest BCUT2D eigenvalue weighted by Crippen LogP contribution is -2.03. The molecule has 0 radical (unpaired) electrons. The van der Waals surface area contributed by atoms with E-state index in [1.54, 1.807) is 0 Å². The van der Waals surface area contributed by atoms with Crippen molar-refractivity contribution < 1.29 is 18.6 Å². The Morgan fingerprint density at radius 1 is 1.11 bits per heavy atom. The number of hydrogen-bond acceptors (Lipinski definition) is 5. The van der Waals surface area contributed by atoms with Crippen LogP contribution in [-0.4, -0.2) is 21.3 Å². The van der Waals surface area contributed by atoms with Crippen LogP contribution in [0.25, 0.3) is 11.0 Å². The summed E-state index contributed by atoms with van der Waals surface area (Å²) in [6, 6.07) is 3.12. The largest absolute Gasteiger partial charge is 0.496 e. The van der Waals surface area contributed by atoms with Gasteiger partial charge in [0.05, 0.1) is 32.8 Å². The van der Waals surface area contributed by atoms with Crippen LogP contribution in [0.5, 0.6) is 17.2 Å². The van der Waals surface area contributed by atoms with Crippen molar-refractivity contribution >= 4 is 26.9 Å². The number of halogens is 1. The van der Waals surface area contributed by atoms with Crippen LogP contribution in [0.2, 0.25) is 0 Å². The molecular weight excluding hydrogens is 316 g/mol. The molecule has 6 heteroatoms. The lowest BCUT2D eigenvalue weighted by Gasteiger charge is -2.14. The summed E-state index contributed by atoms with van der Waals surface area (Å²) >= 11 is 3.40. The summed E-state index contributed by atoms with van der Waals surface area (Å²) in [5, 5.41) is 1.25. The summed E-state index contributed by atoms with van der Waals surface area (Å²) in [4.78, 5) is 11.6. The molecule has 0 saturated carbocycles. The van der Waals surface area contributed by atoms with Crippen LogP contribution < -0.4 is 19.8 Å². The van der Waals surface area contributed by atoms with Gasteiger partial charge in [0.15, 0.2) is 11.3 Å². The topological polar surface area (TPSA) is 57.9 Å². The molecule has 1 heterocycles. The lowest BCUT2D eigenvalue weighted by molar-refractivity contribution is 0.350. The van der Waals surface area contributed by atoms with Crippen molar-refractivity contribution in [2.45, 2.75) is 5.33 Å². The molecule has 2 rings (SSSR count). The molecule has 19 heavy (non-hydrogen) atoms. The van der Waals surface area contributed by atoms with Crippen LogP contribution in [0.4, 0.5) is 0 Å². The van der Waals surface area contributed by atoms with Crippen molar-refractivity contribution in [3.8, 4) is 17.2 Å². The maximum Gasteiger partial charge on any atom is 0.340 e. The van der Waals surface area contributed by atoms with Crippen molar-refractivity contribution in [2.75, 3.05) is 21.3 Å². The van der Waals surface area contributed by atoms with Gasteiger partial charge in [0.25, 0.3) is 0 Å². The van der Waals surface area contributed by atoms with Crippen molar-refractivity contribution in [1.82, 2.24) is 0 Å². The highest BCUT2D eigenvalue weighted by Crippen LogP contribution is 2.41. The van der Waals surface area contributed by atoms with E-state index in [1.165, 1.54) is 27.4 Å². The fraction of sp³-hybridized carbons (Fsp3) is 0.308. The van der Waals surface area contributed by atoms with Crippen LogP contribution in [0, 0.1) is 0 Å². The third-order valence-electron chi connectivity index (χ3n) is 2.77. The van der Waals surface area contributed by atoms with Crippen LogP contribution >= 0.6 is 15.9 Å². The Hall–Kier alpha value is -1.69. The number of rotatable bonds is 4. The van der Waals surface area contributed by atoms with E-state index >= 15 is 0 Å². The minimum Gasteiger partial charge on any atom is -0.496 e. The molecule has 0 aliphatic heterocycles. The lowest BCUT2D eigenvalue weighted by atomic mass is 10.1. The first-order valence-corrected chi connectivity index (χ1v) is 6.60. The molecule has 0 N–H and O–H groups in total. The Morgan fingerprint density at radius 2 is 1.79 bits per heavy atom. The molecule has 102 valence electrons. The van der Waals surface area contributed by atoms with Gasteiger partial charge in [-0.05, 0) is 11.6 Å². The second kappa shape index (κ2) is 5.52. The standard InChI is InChI=1S/C13H13BrO5/c1-16-8-5-10(15)19-13-11(8)7(6-14)4-9(17-2)12(13)18-3/h4-5H,6H2,1-3H3. The van der Waals surface area contributed by atoms with E-state index in [0.29, 0.717) is 33.5 Å². The Balaban J connectivity index is 2.99. The molecule has 5 nitrogen and oxygen atoms in total. The summed E-state index contributed by atoms with van der Waals surface area (Å²) in [5.41, 5.74) is 0.699. The van der Waals surface area contributed by atoms with Gasteiger partial charge < -0.3 is 18.6 Å². The summed E-state index contributed by atoms with van der Waals surface area (Å²) in [6.45, 7) is 0. The molecule has 0 fully saturated rings. The van der Waals surface area contributed by atoms with E-state index in [0.717, 1.165) is 5.56 Å². The van der Waals surface area contributed by atoms with E-state index in [2.05, 4.69) is 15.9 Å². The van der Waals surface area contributed by atoms with Gasteiger partial charge in [-0.25, -0.2) is 4.79 Å². The van der Waals surface area contributed by atoms with Crippen LogP contribution in [0.15, 0.2) is 21.3 Å². The SMILES string of the molecule is COc1cc(CBr)c2c(OC)cc(=O)oc2c1OC. The maximum absolute atomic E-state index is 11.6. The van der Waals surface area contributed by atoms with Crippen molar-refractivity contribution in [1.29, 1.82) is 0 Å². The molecule has 0 amide bonds. The monoisotopic (exact) mass is 328 g/mol. The second-order valence-corrected chi connectivity index (χ2v) is 4.30. The predicted octanol–water partition coefficient (Wildman–Crippen LogP) is 2.71. The van der Waals surface area contributed by atoms with Gasteiger partial charge in [0, 0.05) is 5.33 Å². The average Bonchev–Trinajstić information content (AvgIpc) is 2.44. The highest BCUT2D eigenvalue weighted by atomic mass is 79.9. The van der Waals surface area contributed by atoms with Gasteiger partial charge in [-0.15, -0.1) is 0 Å². The summed E-state index contributed by atoms with van der Waals surface area (Å²) in [5.74, 6) is 1.32. The molecule has 0 aliphatic rings. The normalized spacial score (nSPS) is 10.5. The highest BCUT2D eigenvalue weighted by Gasteiger charge is 2.19. The van der Waals surface area contributed by atoms with Gasteiger partial charge in [0.2, 0.25) is 5.75 Å². The highest BCUT2D eigenvalue weighted by molar-refractivity contribution is 9.08. The summed E-state index contributed by atoms with van der Waals surface area (Å²) in [7, 11) is 4.52. The van der Waals surface area contributed by atoms with E-state index in [-0.39, 0.29) is 0 Å². The minimum atomic E-state index is -0.503. The number of fused-ring (bicyclic) bond motifs is 1. The number of alkyl halides is 1. The zero-order chi connectivity index (χ0) is 14.0. The van der Waals surface area contributed by atoms with E-state index in [9.17, 15) is 4.79 Å². The van der Waals surface area contributed by atoms with E-state index < -0.39 is 5.63 Å². The molecular formula is C13H13BrO5. The smallest absolute Gasteiger partial charge is 0.340 e. The van der Waals surface area contributed by atoms with Crippen LogP contribution in [0.1, 0.15) is 5.56 Å².